The maximum atomic E-state index is 12.0. The molecule has 1 rings (SSSR count). The van der Waals surface area contributed by atoms with Crippen LogP contribution in [0.2, 0.25) is 0 Å². The van der Waals surface area contributed by atoms with Gasteiger partial charge in [-0.2, -0.15) is 0 Å². The maximum Gasteiger partial charge on any atom is 0.156 e. The van der Waals surface area contributed by atoms with Crippen LogP contribution in [-0.4, -0.2) is 31.5 Å². The molecule has 1 saturated carbocycles. The molecule has 1 aliphatic rings. The monoisotopic (exact) mass is 275 g/mol. The summed E-state index contributed by atoms with van der Waals surface area (Å²) in [6.07, 6.45) is 6.61. The predicted octanol–water partition coefficient (Wildman–Crippen LogP) is 2.76. The molecule has 4 heteroatoms. The summed E-state index contributed by atoms with van der Waals surface area (Å²) in [5, 5.41) is 3.40. The molecule has 0 heterocycles. The van der Waals surface area contributed by atoms with Gasteiger partial charge in [-0.1, -0.05) is 19.3 Å². The molecule has 0 bridgehead atoms. The van der Waals surface area contributed by atoms with E-state index in [1.807, 2.05) is 0 Å². The van der Waals surface area contributed by atoms with Gasteiger partial charge >= 0.3 is 0 Å². The molecule has 0 aromatic heterocycles. The second kappa shape index (κ2) is 6.38. The van der Waals surface area contributed by atoms with Crippen molar-refractivity contribution in [3.63, 3.8) is 0 Å². The summed E-state index contributed by atoms with van der Waals surface area (Å²) in [6.45, 7) is 8.09. The Kier molecular flexibility index (Phi) is 5.66. The van der Waals surface area contributed by atoms with Gasteiger partial charge in [-0.25, -0.2) is 8.42 Å². The fourth-order valence-electron chi connectivity index (χ4n) is 2.53. The molecule has 18 heavy (non-hydrogen) atoms. The van der Waals surface area contributed by atoms with Gasteiger partial charge in [0.2, 0.25) is 0 Å². The lowest BCUT2D eigenvalue weighted by atomic mass is 9.84. The van der Waals surface area contributed by atoms with Gasteiger partial charge in [0.1, 0.15) is 0 Å². The minimum Gasteiger partial charge on any atom is -0.313 e. The predicted molar refractivity (Wildman–Crippen MR) is 77.6 cm³/mol. The van der Waals surface area contributed by atoms with Crippen LogP contribution in [0.1, 0.15) is 59.8 Å². The van der Waals surface area contributed by atoms with Gasteiger partial charge in [-0.15, -0.1) is 0 Å². The summed E-state index contributed by atoms with van der Waals surface area (Å²) in [7, 11) is -2.99. The van der Waals surface area contributed by atoms with Crippen LogP contribution in [-0.2, 0) is 9.84 Å². The Bertz CT molecular complexity index is 337. The zero-order chi connectivity index (χ0) is 13.8. The first-order valence-electron chi connectivity index (χ1n) is 7.20. The highest BCUT2D eigenvalue weighted by Gasteiger charge is 2.28. The maximum absolute atomic E-state index is 12.0. The van der Waals surface area contributed by atoms with Gasteiger partial charge < -0.3 is 5.32 Å². The number of sulfone groups is 1. The van der Waals surface area contributed by atoms with Crippen LogP contribution in [0.5, 0.6) is 0 Å². The first kappa shape index (κ1) is 16.0. The van der Waals surface area contributed by atoms with E-state index in [4.69, 9.17) is 0 Å². The summed E-state index contributed by atoms with van der Waals surface area (Å²) >= 11 is 0. The minimum absolute atomic E-state index is 0.244. The highest BCUT2D eigenvalue weighted by Crippen LogP contribution is 2.26. The lowest BCUT2D eigenvalue weighted by molar-refractivity contribution is 0.285. The van der Waals surface area contributed by atoms with E-state index in [0.717, 1.165) is 5.92 Å². The van der Waals surface area contributed by atoms with Crippen molar-refractivity contribution in [3.8, 4) is 0 Å². The summed E-state index contributed by atoms with van der Waals surface area (Å²) in [4.78, 5) is 0. The second-order valence-electron chi connectivity index (χ2n) is 6.57. The molecule has 1 atom stereocenters. The zero-order valence-corrected chi connectivity index (χ0v) is 13.1. The fourth-order valence-corrected chi connectivity index (χ4v) is 3.53. The van der Waals surface area contributed by atoms with Crippen molar-refractivity contribution in [2.75, 3.05) is 12.3 Å². The molecule has 0 aliphatic heterocycles. The lowest BCUT2D eigenvalue weighted by Crippen LogP contribution is -2.40. The van der Waals surface area contributed by atoms with Crippen LogP contribution in [0.15, 0.2) is 0 Å². The van der Waals surface area contributed by atoms with E-state index in [1.54, 1.807) is 20.8 Å². The standard InChI is InChI=1S/C14H29NO2S/c1-12(13-8-6-5-7-9-13)15-10-11-18(16,17)14(2,3)4/h12-13,15H,5-11H2,1-4H3/t12-/m1/s1. The van der Waals surface area contributed by atoms with Crippen molar-refractivity contribution in [3.05, 3.63) is 0 Å². The van der Waals surface area contributed by atoms with Crippen LogP contribution in [0.25, 0.3) is 0 Å². The fraction of sp³-hybridized carbons (Fsp3) is 1.00. The Balaban J connectivity index is 2.33. The summed E-state index contributed by atoms with van der Waals surface area (Å²) < 4.78 is 23.3. The first-order chi connectivity index (χ1) is 8.24. The molecule has 1 aliphatic carbocycles. The Labute approximate surface area is 113 Å². The van der Waals surface area contributed by atoms with Crippen LogP contribution in [0.4, 0.5) is 0 Å². The van der Waals surface area contributed by atoms with Crippen molar-refractivity contribution in [1.29, 1.82) is 0 Å². The van der Waals surface area contributed by atoms with E-state index in [-0.39, 0.29) is 5.75 Å². The van der Waals surface area contributed by atoms with Crippen molar-refractivity contribution in [1.82, 2.24) is 5.32 Å². The smallest absolute Gasteiger partial charge is 0.156 e. The van der Waals surface area contributed by atoms with Crippen molar-refractivity contribution >= 4 is 9.84 Å². The number of nitrogens with one attached hydrogen (secondary N) is 1. The Morgan fingerprint density at radius 2 is 1.72 bits per heavy atom. The number of hydrogen-bond donors (Lipinski definition) is 1. The van der Waals surface area contributed by atoms with E-state index >= 15 is 0 Å². The quantitative estimate of drug-likeness (QED) is 0.839. The zero-order valence-electron chi connectivity index (χ0n) is 12.3. The minimum atomic E-state index is -2.99. The molecule has 0 unspecified atom stereocenters. The van der Waals surface area contributed by atoms with Crippen LogP contribution < -0.4 is 5.32 Å². The molecule has 0 amide bonds. The average Bonchev–Trinajstić information content (AvgIpc) is 2.28. The summed E-state index contributed by atoms with van der Waals surface area (Å²) in [5.41, 5.74) is 0. The van der Waals surface area contributed by atoms with Crippen LogP contribution in [0, 0.1) is 5.92 Å². The van der Waals surface area contributed by atoms with E-state index in [2.05, 4.69) is 12.2 Å². The van der Waals surface area contributed by atoms with E-state index in [1.165, 1.54) is 32.1 Å². The molecule has 1 N–H and O–H groups in total. The highest BCUT2D eigenvalue weighted by molar-refractivity contribution is 7.92. The van der Waals surface area contributed by atoms with E-state index in [0.29, 0.717) is 12.6 Å². The molecular weight excluding hydrogens is 246 g/mol. The third-order valence-corrected chi connectivity index (χ3v) is 6.73. The highest BCUT2D eigenvalue weighted by atomic mass is 32.2. The number of hydrogen-bond acceptors (Lipinski definition) is 3. The summed E-state index contributed by atoms with van der Waals surface area (Å²) in [6, 6.07) is 0.445. The van der Waals surface area contributed by atoms with Crippen molar-refractivity contribution < 1.29 is 8.42 Å². The van der Waals surface area contributed by atoms with Gasteiger partial charge in [-0.3, -0.25) is 0 Å². The lowest BCUT2D eigenvalue weighted by Gasteiger charge is -2.29. The second-order valence-corrected chi connectivity index (χ2v) is 9.43. The largest absolute Gasteiger partial charge is 0.313 e. The average molecular weight is 275 g/mol. The van der Waals surface area contributed by atoms with Crippen molar-refractivity contribution in [2.45, 2.75) is 70.6 Å². The van der Waals surface area contributed by atoms with Crippen LogP contribution in [0.3, 0.4) is 0 Å². The summed E-state index contributed by atoms with van der Waals surface area (Å²) in [5.74, 6) is 0.976. The van der Waals surface area contributed by atoms with Crippen molar-refractivity contribution in [2.24, 2.45) is 5.92 Å². The van der Waals surface area contributed by atoms with Gasteiger partial charge in [0, 0.05) is 12.6 Å². The molecule has 0 aromatic carbocycles. The van der Waals surface area contributed by atoms with E-state index < -0.39 is 14.6 Å². The van der Waals surface area contributed by atoms with Gasteiger partial charge in [-0.05, 0) is 46.5 Å². The Morgan fingerprint density at radius 3 is 2.22 bits per heavy atom. The van der Waals surface area contributed by atoms with Crippen LogP contribution >= 0.6 is 0 Å². The molecule has 0 radical (unpaired) electrons. The molecule has 0 aromatic rings. The first-order valence-corrected chi connectivity index (χ1v) is 8.85. The molecular formula is C14H29NO2S. The van der Waals surface area contributed by atoms with Gasteiger partial charge in [0.05, 0.1) is 10.5 Å². The Morgan fingerprint density at radius 1 is 1.17 bits per heavy atom. The third kappa shape index (κ3) is 4.54. The molecule has 0 spiro atoms. The number of rotatable bonds is 5. The Hall–Kier alpha value is -0.0900. The SMILES string of the molecule is C[C@@H](NCCS(=O)(=O)C(C)(C)C)C1CCCCC1. The molecule has 1 fully saturated rings. The molecule has 0 saturated heterocycles. The molecule has 3 nitrogen and oxygen atoms in total. The third-order valence-electron chi connectivity index (χ3n) is 4.13. The van der Waals surface area contributed by atoms with E-state index in [9.17, 15) is 8.42 Å². The topological polar surface area (TPSA) is 46.2 Å². The van der Waals surface area contributed by atoms with Gasteiger partial charge in [0.15, 0.2) is 9.84 Å². The normalized spacial score (nSPS) is 20.9. The molecule has 108 valence electrons. The van der Waals surface area contributed by atoms with Gasteiger partial charge in [0.25, 0.3) is 0 Å².